The predicted molar refractivity (Wildman–Crippen MR) is 78.4 cm³/mol. The van der Waals surface area contributed by atoms with E-state index >= 15 is 0 Å². The molecule has 1 fully saturated rings. The maximum atomic E-state index is 12.0. The molecule has 0 bridgehead atoms. The van der Waals surface area contributed by atoms with Crippen molar-refractivity contribution in [3.63, 3.8) is 0 Å². The van der Waals surface area contributed by atoms with Crippen molar-refractivity contribution in [3.05, 3.63) is 71.8 Å². The Hall–Kier alpha value is -1.37. The van der Waals surface area contributed by atoms with Gasteiger partial charge in [-0.05, 0) is 0 Å². The Bertz CT molecular complexity index is 500. The van der Waals surface area contributed by atoms with Crippen LogP contribution in [0.25, 0.3) is 0 Å². The number of carbonyl (C=O) groups excluding carboxylic acids is 1. The average Bonchev–Trinajstić information content (AvgIpc) is 2.48. The summed E-state index contributed by atoms with van der Waals surface area (Å²) < 4.78 is 0. The van der Waals surface area contributed by atoms with Crippen molar-refractivity contribution < 1.29 is 4.79 Å². The third-order valence-electron chi connectivity index (χ3n) is 3.50. The average molecular weight is 315 g/mol. The molecule has 2 aromatic carbocycles. The van der Waals surface area contributed by atoms with E-state index in [9.17, 15) is 4.79 Å². The van der Waals surface area contributed by atoms with Gasteiger partial charge < -0.3 is 0 Å². The molecule has 1 saturated heterocycles. The summed E-state index contributed by atoms with van der Waals surface area (Å²) in [5.41, 5.74) is 2.66. The number of Topliss-reactive ketones (excluding diaryl/α,β-unsaturated/α-hetero) is 1. The number of hydrogen-bond acceptors (Lipinski definition) is 1. The Morgan fingerprint density at radius 3 is 1.58 bits per heavy atom. The van der Waals surface area contributed by atoms with Crippen LogP contribution in [-0.2, 0) is 4.79 Å². The van der Waals surface area contributed by atoms with E-state index in [0.29, 0.717) is 30.4 Å². The van der Waals surface area contributed by atoms with Gasteiger partial charge in [0.15, 0.2) is 0 Å². The van der Waals surface area contributed by atoms with Crippen LogP contribution in [0.5, 0.6) is 0 Å². The van der Waals surface area contributed by atoms with Crippen molar-refractivity contribution >= 4 is 20.7 Å². The van der Waals surface area contributed by atoms with Gasteiger partial charge in [0.2, 0.25) is 0 Å². The molecule has 1 aliphatic rings. The van der Waals surface area contributed by atoms with E-state index in [1.807, 2.05) is 12.1 Å². The molecule has 2 aromatic rings. The Balaban J connectivity index is 1.84. The third kappa shape index (κ3) is 2.97. The third-order valence-corrected chi connectivity index (χ3v) is 6.72. The van der Waals surface area contributed by atoms with Crippen LogP contribution < -0.4 is 0 Å². The number of rotatable bonds is 2. The van der Waals surface area contributed by atoms with Crippen LogP contribution in [0.4, 0.5) is 0 Å². The molecular weight excluding hydrogens is 299 g/mol. The molecule has 3 rings (SSSR count). The SMILES string of the molecule is O=C1C[C@@H](c2ccccc2)[Se][C@@H](c2ccccc2)C1. The first-order chi connectivity index (χ1) is 9.33. The van der Waals surface area contributed by atoms with Crippen LogP contribution in [-0.4, -0.2) is 20.7 Å². The molecule has 0 radical (unpaired) electrons. The summed E-state index contributed by atoms with van der Waals surface area (Å²) >= 11 is 0.455. The monoisotopic (exact) mass is 316 g/mol. The normalized spacial score (nSPS) is 23.3. The van der Waals surface area contributed by atoms with Crippen molar-refractivity contribution in [1.29, 1.82) is 0 Å². The molecule has 0 unspecified atom stereocenters. The van der Waals surface area contributed by atoms with Crippen LogP contribution in [0.1, 0.15) is 33.6 Å². The minimum atomic E-state index is 0.413. The van der Waals surface area contributed by atoms with Crippen LogP contribution in [0, 0.1) is 0 Å². The minimum absolute atomic E-state index is 0.413. The molecular formula is C17H16OSe. The number of carbonyl (C=O) groups is 1. The molecule has 0 aromatic heterocycles. The summed E-state index contributed by atoms with van der Waals surface area (Å²) in [5.74, 6) is 0.413. The fourth-order valence-electron chi connectivity index (χ4n) is 2.52. The van der Waals surface area contributed by atoms with Gasteiger partial charge in [0.25, 0.3) is 0 Å². The van der Waals surface area contributed by atoms with Gasteiger partial charge in [0.05, 0.1) is 0 Å². The van der Waals surface area contributed by atoms with Gasteiger partial charge in [0, 0.05) is 0 Å². The van der Waals surface area contributed by atoms with E-state index in [-0.39, 0.29) is 0 Å². The van der Waals surface area contributed by atoms with Crippen molar-refractivity contribution in [1.82, 2.24) is 0 Å². The molecule has 2 atom stereocenters. The summed E-state index contributed by atoms with van der Waals surface area (Å²) in [6.07, 6.45) is 1.46. The first kappa shape index (κ1) is 12.7. The molecule has 1 nitrogen and oxygen atoms in total. The van der Waals surface area contributed by atoms with Crippen LogP contribution >= 0.6 is 0 Å². The van der Waals surface area contributed by atoms with Crippen LogP contribution in [0.3, 0.4) is 0 Å². The summed E-state index contributed by atoms with van der Waals surface area (Å²) in [6, 6.07) is 21.0. The Kier molecular flexibility index (Phi) is 3.81. The van der Waals surface area contributed by atoms with E-state index in [2.05, 4.69) is 48.5 Å². The van der Waals surface area contributed by atoms with Gasteiger partial charge in [-0.1, -0.05) is 0 Å². The Morgan fingerprint density at radius 1 is 0.737 bits per heavy atom. The van der Waals surface area contributed by atoms with Crippen LogP contribution in [0.15, 0.2) is 60.7 Å². The second-order valence-electron chi connectivity index (χ2n) is 4.88. The van der Waals surface area contributed by atoms with Gasteiger partial charge in [-0.2, -0.15) is 0 Å². The second-order valence-corrected chi connectivity index (χ2v) is 7.84. The van der Waals surface area contributed by atoms with Gasteiger partial charge in [-0.3, -0.25) is 0 Å². The standard InChI is InChI=1S/C17H16OSe/c18-15-11-16(13-7-3-1-4-8-13)19-17(12-15)14-9-5-2-6-10-14/h1-10,16-17H,11-12H2/t16-,17+. The van der Waals surface area contributed by atoms with Gasteiger partial charge >= 0.3 is 120 Å². The van der Waals surface area contributed by atoms with Gasteiger partial charge in [-0.15, -0.1) is 0 Å². The number of ketones is 1. The van der Waals surface area contributed by atoms with Crippen molar-refractivity contribution in [3.8, 4) is 0 Å². The zero-order valence-electron chi connectivity index (χ0n) is 10.7. The summed E-state index contributed by atoms with van der Waals surface area (Å²) in [6.45, 7) is 0. The first-order valence-electron chi connectivity index (χ1n) is 6.60. The van der Waals surface area contributed by atoms with E-state index < -0.39 is 0 Å². The van der Waals surface area contributed by atoms with E-state index in [1.54, 1.807) is 0 Å². The molecule has 19 heavy (non-hydrogen) atoms. The Morgan fingerprint density at radius 2 is 1.16 bits per heavy atom. The van der Waals surface area contributed by atoms with Gasteiger partial charge in [-0.25, -0.2) is 0 Å². The van der Waals surface area contributed by atoms with Crippen molar-refractivity contribution in [2.45, 2.75) is 22.5 Å². The molecule has 1 aliphatic heterocycles. The predicted octanol–water partition coefficient (Wildman–Crippen LogP) is 3.54. The summed E-state index contributed by atoms with van der Waals surface area (Å²) in [5, 5.41) is 0. The second kappa shape index (κ2) is 5.73. The molecule has 1 heterocycles. The number of hydrogen-bond donors (Lipinski definition) is 0. The molecule has 0 spiro atoms. The molecule has 0 aliphatic carbocycles. The van der Waals surface area contributed by atoms with E-state index in [1.165, 1.54) is 11.1 Å². The molecule has 96 valence electrons. The molecule has 0 saturated carbocycles. The maximum absolute atomic E-state index is 12.0. The summed E-state index contributed by atoms with van der Waals surface area (Å²) in [4.78, 5) is 12.9. The van der Waals surface area contributed by atoms with E-state index in [4.69, 9.17) is 0 Å². The topological polar surface area (TPSA) is 17.1 Å². The fourth-order valence-corrected chi connectivity index (χ4v) is 5.85. The zero-order chi connectivity index (χ0) is 13.1. The van der Waals surface area contributed by atoms with Gasteiger partial charge in [0.1, 0.15) is 0 Å². The summed E-state index contributed by atoms with van der Waals surface area (Å²) in [7, 11) is 0. The first-order valence-corrected chi connectivity index (χ1v) is 8.58. The van der Waals surface area contributed by atoms with Crippen LogP contribution in [0.2, 0.25) is 0 Å². The molecule has 0 N–H and O–H groups in total. The zero-order valence-corrected chi connectivity index (χ0v) is 12.4. The van der Waals surface area contributed by atoms with Crippen molar-refractivity contribution in [2.24, 2.45) is 0 Å². The van der Waals surface area contributed by atoms with Crippen molar-refractivity contribution in [2.75, 3.05) is 0 Å². The fraction of sp³-hybridized carbons (Fsp3) is 0.235. The quantitative estimate of drug-likeness (QED) is 0.775. The van der Waals surface area contributed by atoms with E-state index in [0.717, 1.165) is 12.8 Å². The molecule has 2 heteroatoms. The number of benzene rings is 2. The molecule has 0 amide bonds. The Labute approximate surface area is 120 Å².